The van der Waals surface area contributed by atoms with Crippen LogP contribution in [0, 0.1) is 25.7 Å². The van der Waals surface area contributed by atoms with Gasteiger partial charge in [-0.2, -0.15) is 0 Å². The summed E-state index contributed by atoms with van der Waals surface area (Å²) in [7, 11) is 0. The third-order valence-corrected chi connectivity index (χ3v) is 6.81. The van der Waals surface area contributed by atoms with Crippen molar-refractivity contribution in [1.82, 2.24) is 20.2 Å². The number of piperidine rings is 3. The normalized spacial score (nSPS) is 28.6. The van der Waals surface area contributed by atoms with Crippen molar-refractivity contribution in [3.63, 3.8) is 0 Å². The van der Waals surface area contributed by atoms with E-state index in [1.54, 1.807) is 0 Å². The summed E-state index contributed by atoms with van der Waals surface area (Å²) in [5.74, 6) is 1.67. The molecule has 1 aromatic heterocycles. The molecule has 0 radical (unpaired) electrons. The van der Waals surface area contributed by atoms with E-state index in [9.17, 15) is 4.79 Å². The summed E-state index contributed by atoms with van der Waals surface area (Å²) in [4.78, 5) is 27.0. The molecule has 0 aromatic carbocycles. The summed E-state index contributed by atoms with van der Waals surface area (Å²) < 4.78 is 0. The van der Waals surface area contributed by atoms with E-state index in [0.29, 0.717) is 12.0 Å². The van der Waals surface area contributed by atoms with Gasteiger partial charge in [-0.25, -0.2) is 9.97 Å². The summed E-state index contributed by atoms with van der Waals surface area (Å²) in [6.45, 7) is 9.03. The lowest BCUT2D eigenvalue weighted by Gasteiger charge is -2.44. The van der Waals surface area contributed by atoms with Crippen molar-refractivity contribution in [2.45, 2.75) is 64.8 Å². The lowest BCUT2D eigenvalue weighted by atomic mass is 9.83. The number of hydrogen-bond donors (Lipinski definition) is 1. The van der Waals surface area contributed by atoms with Gasteiger partial charge < -0.3 is 15.1 Å². The summed E-state index contributed by atoms with van der Waals surface area (Å²) in [6, 6.07) is 2.69. The fourth-order valence-corrected chi connectivity index (χ4v) is 5.41. The number of amides is 1. The van der Waals surface area contributed by atoms with Gasteiger partial charge in [0.25, 0.3) is 0 Å². The van der Waals surface area contributed by atoms with E-state index in [0.717, 1.165) is 49.8 Å². The van der Waals surface area contributed by atoms with E-state index in [4.69, 9.17) is 0 Å². The third-order valence-electron chi connectivity index (χ3n) is 6.81. The Hall–Kier alpha value is -1.69. The van der Waals surface area contributed by atoms with Gasteiger partial charge in [0, 0.05) is 37.1 Å². The molecule has 3 aliphatic rings. The Morgan fingerprint density at radius 3 is 2.61 bits per heavy atom. The van der Waals surface area contributed by atoms with E-state index >= 15 is 0 Å². The summed E-state index contributed by atoms with van der Waals surface area (Å²) in [5.41, 5.74) is 1.98. The summed E-state index contributed by atoms with van der Waals surface area (Å²) in [6.07, 6.45) is 8.52. The van der Waals surface area contributed by atoms with Crippen LogP contribution < -0.4 is 10.2 Å². The zero-order valence-electron chi connectivity index (χ0n) is 17.5. The largest absolute Gasteiger partial charge is 0.355 e. The Kier molecular flexibility index (Phi) is 6.14. The van der Waals surface area contributed by atoms with Crippen LogP contribution in [0.4, 0.5) is 5.95 Å². The van der Waals surface area contributed by atoms with Crippen LogP contribution in [-0.2, 0) is 4.79 Å². The van der Waals surface area contributed by atoms with Gasteiger partial charge in [-0.15, -0.1) is 0 Å². The molecule has 0 bridgehead atoms. The van der Waals surface area contributed by atoms with E-state index in [1.165, 1.54) is 45.2 Å². The highest BCUT2D eigenvalue weighted by Crippen LogP contribution is 2.30. The first-order chi connectivity index (χ1) is 13.6. The van der Waals surface area contributed by atoms with Crippen LogP contribution in [0.3, 0.4) is 0 Å². The molecule has 1 amide bonds. The predicted octanol–water partition coefficient (Wildman–Crippen LogP) is 2.69. The Balaban J connectivity index is 1.33. The van der Waals surface area contributed by atoms with Gasteiger partial charge in [-0.3, -0.25) is 4.79 Å². The molecule has 3 fully saturated rings. The molecule has 6 nitrogen and oxygen atoms in total. The zero-order valence-corrected chi connectivity index (χ0v) is 17.5. The molecule has 1 N–H and O–H groups in total. The van der Waals surface area contributed by atoms with Gasteiger partial charge in [0.2, 0.25) is 11.9 Å². The number of hydrogen-bond acceptors (Lipinski definition) is 5. The number of nitrogens with one attached hydrogen (secondary N) is 1. The van der Waals surface area contributed by atoms with Crippen LogP contribution in [0.25, 0.3) is 0 Å². The number of rotatable bonds is 4. The quantitative estimate of drug-likeness (QED) is 0.863. The topological polar surface area (TPSA) is 61.4 Å². The van der Waals surface area contributed by atoms with Crippen molar-refractivity contribution in [2.24, 2.45) is 11.8 Å². The maximum atomic E-state index is 12.9. The van der Waals surface area contributed by atoms with Crippen LogP contribution in [-0.4, -0.2) is 59.5 Å². The zero-order chi connectivity index (χ0) is 19.5. The number of nitrogens with zero attached hydrogens (tertiary/aromatic N) is 4. The first-order valence-corrected chi connectivity index (χ1v) is 11.2. The van der Waals surface area contributed by atoms with Crippen molar-refractivity contribution in [3.05, 3.63) is 17.5 Å². The third kappa shape index (κ3) is 4.48. The molecule has 4 rings (SSSR count). The van der Waals surface area contributed by atoms with Crippen molar-refractivity contribution in [2.75, 3.05) is 37.6 Å². The van der Waals surface area contributed by atoms with Crippen LogP contribution in [0.1, 0.15) is 56.3 Å². The molecule has 3 aliphatic heterocycles. The number of anilines is 1. The van der Waals surface area contributed by atoms with Gasteiger partial charge in [0.05, 0.1) is 5.92 Å². The molecule has 3 atom stereocenters. The van der Waals surface area contributed by atoms with Crippen LogP contribution in [0.15, 0.2) is 6.07 Å². The summed E-state index contributed by atoms with van der Waals surface area (Å²) >= 11 is 0. The van der Waals surface area contributed by atoms with Gasteiger partial charge in [-0.1, -0.05) is 6.42 Å². The molecule has 28 heavy (non-hydrogen) atoms. The first kappa shape index (κ1) is 19.6. The van der Waals surface area contributed by atoms with Crippen molar-refractivity contribution < 1.29 is 4.79 Å². The molecule has 0 unspecified atom stereocenters. The van der Waals surface area contributed by atoms with Gasteiger partial charge in [-0.05, 0) is 77.4 Å². The number of fused-ring (bicyclic) bond motifs is 1. The second kappa shape index (κ2) is 8.76. The molecule has 0 saturated carbocycles. The minimum absolute atomic E-state index is 0.0456. The van der Waals surface area contributed by atoms with E-state index in [-0.39, 0.29) is 11.8 Å². The molecule has 3 saturated heterocycles. The minimum atomic E-state index is 0.0456. The Bertz CT molecular complexity index is 671. The highest BCUT2D eigenvalue weighted by Gasteiger charge is 2.34. The standard InChI is InChI=1S/C22H35N5O/c1-16-13-17(2)25-22(24-16)27-12-6-8-19(15-27)21(28)23-14-18-7-5-11-26-10-4-3-9-20(18)26/h13,18-20H,3-12,14-15H2,1-2H3,(H,23,28)/t18-,19+,20+/m0/s1. The number of aromatic nitrogens is 2. The molecule has 154 valence electrons. The predicted molar refractivity (Wildman–Crippen MR) is 111 cm³/mol. The highest BCUT2D eigenvalue weighted by atomic mass is 16.1. The average Bonchev–Trinajstić information content (AvgIpc) is 2.71. The average molecular weight is 386 g/mol. The highest BCUT2D eigenvalue weighted by molar-refractivity contribution is 5.79. The van der Waals surface area contributed by atoms with Gasteiger partial charge in [0.15, 0.2) is 0 Å². The number of carbonyl (C=O) groups excluding carboxylic acids is 1. The maximum Gasteiger partial charge on any atom is 0.225 e. The maximum absolute atomic E-state index is 12.9. The first-order valence-electron chi connectivity index (χ1n) is 11.2. The minimum Gasteiger partial charge on any atom is -0.355 e. The fraction of sp³-hybridized carbons (Fsp3) is 0.773. The number of aryl methyl sites for hydroxylation is 2. The Morgan fingerprint density at radius 1 is 1.04 bits per heavy atom. The monoisotopic (exact) mass is 385 g/mol. The smallest absolute Gasteiger partial charge is 0.225 e. The van der Waals surface area contributed by atoms with Crippen molar-refractivity contribution in [1.29, 1.82) is 0 Å². The molecule has 0 aliphatic carbocycles. The van der Waals surface area contributed by atoms with Crippen LogP contribution in [0.5, 0.6) is 0 Å². The van der Waals surface area contributed by atoms with Crippen molar-refractivity contribution >= 4 is 11.9 Å². The Morgan fingerprint density at radius 2 is 1.79 bits per heavy atom. The lowest BCUT2D eigenvalue weighted by Crippen LogP contribution is -2.52. The second-order valence-electron chi connectivity index (χ2n) is 8.98. The molecule has 0 spiro atoms. The molecule has 1 aromatic rings. The van der Waals surface area contributed by atoms with Gasteiger partial charge >= 0.3 is 0 Å². The van der Waals surface area contributed by atoms with Crippen LogP contribution in [0.2, 0.25) is 0 Å². The Labute approximate surface area is 169 Å². The van der Waals surface area contributed by atoms with E-state index in [1.807, 2.05) is 19.9 Å². The molecular weight excluding hydrogens is 350 g/mol. The molecule has 4 heterocycles. The lowest BCUT2D eigenvalue weighted by molar-refractivity contribution is -0.125. The summed E-state index contributed by atoms with van der Waals surface area (Å²) in [5, 5.41) is 3.32. The SMILES string of the molecule is Cc1cc(C)nc(N2CCC[C@@H](C(=O)NC[C@@H]3CCCN4CCCC[C@H]34)C2)n1. The molecular formula is C22H35N5O. The second-order valence-corrected chi connectivity index (χ2v) is 8.98. The van der Waals surface area contributed by atoms with Crippen molar-refractivity contribution in [3.8, 4) is 0 Å². The number of carbonyl (C=O) groups is 1. The van der Waals surface area contributed by atoms with E-state index in [2.05, 4.69) is 25.1 Å². The fourth-order valence-electron chi connectivity index (χ4n) is 5.41. The van der Waals surface area contributed by atoms with Gasteiger partial charge in [0.1, 0.15) is 0 Å². The van der Waals surface area contributed by atoms with Crippen LogP contribution >= 0.6 is 0 Å². The molecule has 6 heteroatoms. The van der Waals surface area contributed by atoms with E-state index < -0.39 is 0 Å².